The SMILES string of the molecule is N#Cc1ccc2cc(C(N)=O)n(-c3cccc(CCC(=O)O)c3)c2c1. The molecule has 3 N–H and O–H groups in total. The standard InChI is InChI=1S/C19H15N3O3/c20-11-13-4-6-14-10-17(19(21)25)22(16(14)9-13)15-3-1-2-12(8-15)5-7-18(23)24/h1-4,6,8-10H,5,7H2,(H2,21,25)(H,23,24). The van der Waals surface area contributed by atoms with E-state index in [1.165, 1.54) is 0 Å². The lowest BCUT2D eigenvalue weighted by Gasteiger charge is -2.11. The minimum atomic E-state index is -0.867. The van der Waals surface area contributed by atoms with Crippen LogP contribution in [0, 0.1) is 11.3 Å². The summed E-state index contributed by atoms with van der Waals surface area (Å²) in [4.78, 5) is 22.7. The number of nitrogens with two attached hydrogens (primary N) is 1. The number of aryl methyl sites for hydroxylation is 1. The van der Waals surface area contributed by atoms with E-state index >= 15 is 0 Å². The fourth-order valence-corrected chi connectivity index (χ4v) is 2.83. The molecule has 0 saturated carbocycles. The molecule has 0 fully saturated rings. The van der Waals surface area contributed by atoms with E-state index in [9.17, 15) is 9.59 Å². The first-order valence-corrected chi connectivity index (χ1v) is 7.66. The molecule has 3 aromatic rings. The smallest absolute Gasteiger partial charge is 0.303 e. The maximum Gasteiger partial charge on any atom is 0.303 e. The van der Waals surface area contributed by atoms with Gasteiger partial charge in [-0.3, -0.25) is 9.59 Å². The quantitative estimate of drug-likeness (QED) is 0.748. The number of aliphatic carboxylic acids is 1. The van der Waals surface area contributed by atoms with Gasteiger partial charge < -0.3 is 15.4 Å². The van der Waals surface area contributed by atoms with Crippen molar-refractivity contribution in [3.8, 4) is 11.8 Å². The van der Waals surface area contributed by atoms with Crippen LogP contribution in [0.1, 0.15) is 28.0 Å². The number of rotatable bonds is 5. The second-order valence-electron chi connectivity index (χ2n) is 5.68. The molecule has 0 unspecified atom stereocenters. The molecule has 0 radical (unpaired) electrons. The Labute approximate surface area is 143 Å². The number of carbonyl (C=O) groups excluding carboxylic acids is 1. The zero-order valence-corrected chi connectivity index (χ0v) is 13.3. The van der Waals surface area contributed by atoms with Crippen molar-refractivity contribution < 1.29 is 14.7 Å². The Balaban J connectivity index is 2.18. The second kappa shape index (κ2) is 6.49. The number of carbonyl (C=O) groups is 2. The number of hydrogen-bond acceptors (Lipinski definition) is 3. The molecule has 1 aromatic heterocycles. The topological polar surface area (TPSA) is 109 Å². The van der Waals surface area contributed by atoms with Gasteiger partial charge in [-0.2, -0.15) is 5.26 Å². The molecule has 25 heavy (non-hydrogen) atoms. The Kier molecular flexibility index (Phi) is 4.23. The molecule has 6 nitrogen and oxygen atoms in total. The first kappa shape index (κ1) is 16.3. The summed E-state index contributed by atoms with van der Waals surface area (Å²) in [5, 5.41) is 18.8. The highest BCUT2D eigenvalue weighted by molar-refractivity contribution is 5.99. The Hall–Kier alpha value is -3.59. The zero-order valence-electron chi connectivity index (χ0n) is 13.3. The van der Waals surface area contributed by atoms with Crippen LogP contribution in [0.5, 0.6) is 0 Å². The third-order valence-corrected chi connectivity index (χ3v) is 3.98. The number of nitriles is 1. The molecule has 0 spiro atoms. The normalized spacial score (nSPS) is 10.5. The molecular weight excluding hydrogens is 318 g/mol. The van der Waals surface area contributed by atoms with Crippen molar-refractivity contribution in [1.29, 1.82) is 5.26 Å². The number of carboxylic acids is 1. The fourth-order valence-electron chi connectivity index (χ4n) is 2.83. The third-order valence-electron chi connectivity index (χ3n) is 3.98. The maximum absolute atomic E-state index is 11.9. The summed E-state index contributed by atoms with van der Waals surface area (Å²) in [6.07, 6.45) is 0.412. The lowest BCUT2D eigenvalue weighted by atomic mass is 10.1. The van der Waals surface area contributed by atoms with Crippen LogP contribution in [0.3, 0.4) is 0 Å². The molecule has 1 heterocycles. The molecule has 0 aliphatic heterocycles. The minimum Gasteiger partial charge on any atom is -0.481 e. The van der Waals surface area contributed by atoms with Gasteiger partial charge in [0.2, 0.25) is 0 Å². The Morgan fingerprint density at radius 1 is 1.16 bits per heavy atom. The molecule has 0 saturated heterocycles. The van der Waals surface area contributed by atoms with E-state index in [0.717, 1.165) is 10.9 Å². The van der Waals surface area contributed by atoms with Crippen LogP contribution in [0.4, 0.5) is 0 Å². The van der Waals surface area contributed by atoms with Gasteiger partial charge in [0.15, 0.2) is 0 Å². The van der Waals surface area contributed by atoms with Gasteiger partial charge >= 0.3 is 5.97 Å². The predicted octanol–water partition coefficient (Wildman–Crippen LogP) is 2.62. The first-order chi connectivity index (χ1) is 12.0. The van der Waals surface area contributed by atoms with Gasteiger partial charge in [-0.25, -0.2) is 0 Å². The van der Waals surface area contributed by atoms with E-state index in [1.54, 1.807) is 34.9 Å². The molecule has 0 aliphatic carbocycles. The predicted molar refractivity (Wildman–Crippen MR) is 92.5 cm³/mol. The summed E-state index contributed by atoms with van der Waals surface area (Å²) in [5.74, 6) is -1.45. The molecule has 2 aromatic carbocycles. The number of primary amides is 1. The fraction of sp³-hybridized carbons (Fsp3) is 0.105. The van der Waals surface area contributed by atoms with Crippen LogP contribution >= 0.6 is 0 Å². The number of carboxylic acid groups (broad SMARTS) is 1. The van der Waals surface area contributed by atoms with Crippen LogP contribution in [-0.4, -0.2) is 21.6 Å². The van der Waals surface area contributed by atoms with Gasteiger partial charge in [-0.15, -0.1) is 0 Å². The molecule has 0 bridgehead atoms. The van der Waals surface area contributed by atoms with Gasteiger partial charge in [0, 0.05) is 17.5 Å². The van der Waals surface area contributed by atoms with Crippen molar-refractivity contribution in [1.82, 2.24) is 4.57 Å². The van der Waals surface area contributed by atoms with E-state index in [0.29, 0.717) is 28.9 Å². The molecule has 3 rings (SSSR count). The van der Waals surface area contributed by atoms with Gasteiger partial charge in [-0.1, -0.05) is 18.2 Å². The number of benzene rings is 2. The monoisotopic (exact) mass is 333 g/mol. The van der Waals surface area contributed by atoms with Crippen LogP contribution in [-0.2, 0) is 11.2 Å². The average molecular weight is 333 g/mol. The molecule has 6 heteroatoms. The number of fused-ring (bicyclic) bond motifs is 1. The van der Waals surface area contributed by atoms with Crippen molar-refractivity contribution >= 4 is 22.8 Å². The van der Waals surface area contributed by atoms with E-state index in [2.05, 4.69) is 6.07 Å². The lowest BCUT2D eigenvalue weighted by Crippen LogP contribution is -2.16. The second-order valence-corrected chi connectivity index (χ2v) is 5.68. The van der Waals surface area contributed by atoms with Crippen molar-refractivity contribution in [2.24, 2.45) is 5.73 Å². The Bertz CT molecular complexity index is 1030. The van der Waals surface area contributed by atoms with Crippen LogP contribution < -0.4 is 5.73 Å². The highest BCUT2D eigenvalue weighted by Crippen LogP contribution is 2.26. The van der Waals surface area contributed by atoms with E-state index < -0.39 is 11.9 Å². The van der Waals surface area contributed by atoms with Gasteiger partial charge in [0.25, 0.3) is 5.91 Å². The van der Waals surface area contributed by atoms with Gasteiger partial charge in [-0.05, 0) is 42.3 Å². The van der Waals surface area contributed by atoms with Crippen LogP contribution in [0.15, 0.2) is 48.5 Å². The molecule has 0 atom stereocenters. The third kappa shape index (κ3) is 3.21. The van der Waals surface area contributed by atoms with Crippen molar-refractivity contribution in [3.63, 3.8) is 0 Å². The number of aromatic nitrogens is 1. The molecule has 1 amide bonds. The summed E-state index contributed by atoms with van der Waals surface area (Å²) < 4.78 is 1.70. The molecule has 0 aliphatic rings. The largest absolute Gasteiger partial charge is 0.481 e. The van der Waals surface area contributed by atoms with Gasteiger partial charge in [0.05, 0.1) is 17.1 Å². The number of amides is 1. The van der Waals surface area contributed by atoms with E-state index in [-0.39, 0.29) is 6.42 Å². The van der Waals surface area contributed by atoms with Crippen molar-refractivity contribution in [2.75, 3.05) is 0 Å². The highest BCUT2D eigenvalue weighted by atomic mass is 16.4. The Morgan fingerprint density at radius 3 is 2.64 bits per heavy atom. The number of nitrogens with zero attached hydrogens (tertiary/aromatic N) is 2. The lowest BCUT2D eigenvalue weighted by molar-refractivity contribution is -0.136. The minimum absolute atomic E-state index is 0.0249. The van der Waals surface area contributed by atoms with Crippen molar-refractivity contribution in [2.45, 2.75) is 12.8 Å². The zero-order chi connectivity index (χ0) is 18.0. The van der Waals surface area contributed by atoms with Gasteiger partial charge in [0.1, 0.15) is 5.69 Å². The maximum atomic E-state index is 11.9. The molecular formula is C19H15N3O3. The van der Waals surface area contributed by atoms with Crippen molar-refractivity contribution in [3.05, 3.63) is 65.4 Å². The first-order valence-electron chi connectivity index (χ1n) is 7.66. The Morgan fingerprint density at radius 2 is 1.96 bits per heavy atom. The summed E-state index contributed by atoms with van der Waals surface area (Å²) in [5.41, 5.74) is 8.54. The average Bonchev–Trinajstić information content (AvgIpc) is 2.99. The number of hydrogen-bond donors (Lipinski definition) is 2. The van der Waals surface area contributed by atoms with Crippen LogP contribution in [0.2, 0.25) is 0 Å². The summed E-state index contributed by atoms with van der Waals surface area (Å²) in [6, 6.07) is 16.2. The highest BCUT2D eigenvalue weighted by Gasteiger charge is 2.15. The summed E-state index contributed by atoms with van der Waals surface area (Å²) >= 11 is 0. The summed E-state index contributed by atoms with van der Waals surface area (Å²) in [7, 11) is 0. The molecule has 124 valence electrons. The van der Waals surface area contributed by atoms with E-state index in [1.807, 2.05) is 18.2 Å². The van der Waals surface area contributed by atoms with E-state index in [4.69, 9.17) is 16.1 Å². The van der Waals surface area contributed by atoms with Crippen LogP contribution in [0.25, 0.3) is 16.6 Å². The summed E-state index contributed by atoms with van der Waals surface area (Å²) in [6.45, 7) is 0.